The first kappa shape index (κ1) is 26.4. The van der Waals surface area contributed by atoms with Gasteiger partial charge in [-0.15, -0.1) is 0 Å². The van der Waals surface area contributed by atoms with Crippen LogP contribution in [-0.2, 0) is 6.42 Å². The second-order valence-corrected chi connectivity index (χ2v) is 9.88. The molecule has 210 valence electrons. The monoisotopic (exact) mass is 557 g/mol. The van der Waals surface area contributed by atoms with Gasteiger partial charge < -0.3 is 28.8 Å². The van der Waals surface area contributed by atoms with Gasteiger partial charge >= 0.3 is 0 Å². The van der Waals surface area contributed by atoms with Crippen molar-refractivity contribution in [3.05, 3.63) is 101 Å². The molecule has 3 aliphatic rings. The van der Waals surface area contributed by atoms with Gasteiger partial charge in [-0.1, -0.05) is 12.1 Å². The van der Waals surface area contributed by atoms with Crippen molar-refractivity contribution < 1.29 is 32.6 Å². The van der Waals surface area contributed by atoms with Crippen molar-refractivity contribution in [1.29, 1.82) is 0 Å². The average Bonchev–Trinajstić information content (AvgIpc) is 3.42. The Morgan fingerprint density at radius 2 is 1.95 bits per heavy atom. The predicted molar refractivity (Wildman–Crippen MR) is 146 cm³/mol. The fraction of sp³-hybridized carbons (Fsp3) is 0.258. The summed E-state index contributed by atoms with van der Waals surface area (Å²) in [6, 6.07) is 14.9. The van der Waals surface area contributed by atoms with Gasteiger partial charge in [-0.3, -0.25) is 9.59 Å². The molecule has 1 atom stereocenters. The van der Waals surface area contributed by atoms with Gasteiger partial charge in [-0.05, 0) is 72.0 Å². The van der Waals surface area contributed by atoms with Gasteiger partial charge in [0.25, 0.3) is 11.8 Å². The minimum Gasteiger partial charge on any atom is -0.493 e. The highest BCUT2D eigenvalue weighted by molar-refractivity contribution is 5.95. The van der Waals surface area contributed by atoms with Crippen LogP contribution < -0.4 is 19.5 Å². The molecule has 4 heterocycles. The number of hydrogen-bond donors (Lipinski definition) is 1. The molecule has 1 N–H and O–H groups in total. The third-order valence-electron chi connectivity index (χ3n) is 7.23. The standard InChI is InChI=1S/C31H28FN3O6/c1-18-34-26(17-40-18)31(37)35-12-10-19-14-21-5-7-23(19)29(35)20-4-9-27(38-2)28(15-20)39-13-3-11-33-30(36)24-16-22(41-21)6-8-25(24)32/h4-9,14-17,29H,3,10-13H2,1-2H3,(H,33,36). The van der Waals surface area contributed by atoms with Gasteiger partial charge in [-0.25, -0.2) is 9.37 Å². The van der Waals surface area contributed by atoms with Crippen LogP contribution in [0, 0.1) is 12.7 Å². The number of halogens is 1. The molecule has 0 aliphatic carbocycles. The number of fused-ring (bicyclic) bond motifs is 6. The summed E-state index contributed by atoms with van der Waals surface area (Å²) in [4.78, 5) is 32.4. The van der Waals surface area contributed by atoms with Gasteiger partial charge in [0, 0.05) is 20.0 Å². The SMILES string of the molecule is COc1ccc2cc1OCCCNC(=O)c1cc(ccc1F)Oc1ccc3c(c1)CCN(C(=O)c1coc(C)n1)C23. The average molecular weight is 558 g/mol. The number of aryl methyl sites for hydroxylation is 1. The molecular weight excluding hydrogens is 529 g/mol. The van der Waals surface area contributed by atoms with Crippen LogP contribution in [0.2, 0.25) is 0 Å². The lowest BCUT2D eigenvalue weighted by atomic mass is 9.87. The summed E-state index contributed by atoms with van der Waals surface area (Å²) in [6.45, 7) is 2.67. The molecule has 0 spiro atoms. The van der Waals surface area contributed by atoms with Crippen molar-refractivity contribution in [3.63, 3.8) is 0 Å². The molecule has 8 bridgehead atoms. The van der Waals surface area contributed by atoms with Gasteiger partial charge in [0.15, 0.2) is 23.1 Å². The van der Waals surface area contributed by atoms with E-state index in [4.69, 9.17) is 18.6 Å². The Morgan fingerprint density at radius 1 is 1.12 bits per heavy atom. The van der Waals surface area contributed by atoms with Crippen molar-refractivity contribution in [3.8, 4) is 23.0 Å². The van der Waals surface area contributed by atoms with E-state index < -0.39 is 17.8 Å². The number of oxazole rings is 1. The number of amides is 2. The predicted octanol–water partition coefficient (Wildman–Crippen LogP) is 5.22. The number of carbonyl (C=O) groups excluding carboxylic acids is 2. The van der Waals surface area contributed by atoms with E-state index in [0.717, 1.165) is 16.7 Å². The molecule has 0 saturated carbocycles. The Bertz CT molecular complexity index is 1630. The fourth-order valence-electron chi connectivity index (χ4n) is 5.26. The third-order valence-corrected chi connectivity index (χ3v) is 7.23. The number of ether oxygens (including phenoxy) is 3. The highest BCUT2D eigenvalue weighted by Gasteiger charge is 2.34. The zero-order valence-electron chi connectivity index (χ0n) is 22.6. The highest BCUT2D eigenvalue weighted by atomic mass is 19.1. The molecule has 10 heteroatoms. The summed E-state index contributed by atoms with van der Waals surface area (Å²) < 4.78 is 37.5. The topological polar surface area (TPSA) is 103 Å². The smallest absolute Gasteiger partial charge is 0.276 e. The van der Waals surface area contributed by atoms with Crippen LogP contribution in [0.3, 0.4) is 0 Å². The lowest BCUT2D eigenvalue weighted by Gasteiger charge is -2.37. The van der Waals surface area contributed by atoms with Crippen LogP contribution in [0.1, 0.15) is 55.9 Å². The van der Waals surface area contributed by atoms with Crippen molar-refractivity contribution in [2.45, 2.75) is 25.8 Å². The quantitative estimate of drug-likeness (QED) is 0.360. The van der Waals surface area contributed by atoms with Crippen molar-refractivity contribution >= 4 is 11.8 Å². The number of aromatic nitrogens is 1. The third kappa shape index (κ3) is 5.20. The molecule has 0 saturated heterocycles. The minimum absolute atomic E-state index is 0.103. The first-order valence-corrected chi connectivity index (χ1v) is 13.3. The lowest BCUT2D eigenvalue weighted by molar-refractivity contribution is 0.0687. The Kier molecular flexibility index (Phi) is 7.05. The molecular formula is C31H28FN3O6. The molecule has 0 radical (unpaired) electrons. The Morgan fingerprint density at radius 3 is 2.76 bits per heavy atom. The zero-order valence-corrected chi connectivity index (χ0v) is 22.6. The number of rotatable bonds is 2. The van der Waals surface area contributed by atoms with Crippen LogP contribution in [0.4, 0.5) is 4.39 Å². The Labute approximate surface area is 235 Å². The number of hydrogen-bond acceptors (Lipinski definition) is 7. The molecule has 3 aliphatic heterocycles. The number of methoxy groups -OCH3 is 1. The van der Waals surface area contributed by atoms with E-state index >= 15 is 0 Å². The summed E-state index contributed by atoms with van der Waals surface area (Å²) >= 11 is 0. The summed E-state index contributed by atoms with van der Waals surface area (Å²) in [5, 5.41) is 2.73. The molecule has 7 rings (SSSR count). The van der Waals surface area contributed by atoms with Crippen LogP contribution in [0.15, 0.2) is 65.3 Å². The molecule has 0 fully saturated rings. The number of nitrogens with zero attached hydrogens (tertiary/aromatic N) is 2. The maximum atomic E-state index is 14.5. The molecule has 3 aromatic carbocycles. The Balaban J connectivity index is 1.46. The van der Waals surface area contributed by atoms with E-state index in [0.29, 0.717) is 48.3 Å². The first-order chi connectivity index (χ1) is 19.9. The van der Waals surface area contributed by atoms with Gasteiger partial charge in [-0.2, -0.15) is 0 Å². The Hall–Kier alpha value is -4.86. The maximum Gasteiger partial charge on any atom is 0.276 e. The molecule has 41 heavy (non-hydrogen) atoms. The van der Waals surface area contributed by atoms with Crippen molar-refractivity contribution in [2.24, 2.45) is 0 Å². The molecule has 2 amide bonds. The molecule has 9 nitrogen and oxygen atoms in total. The van der Waals surface area contributed by atoms with Crippen LogP contribution >= 0.6 is 0 Å². The van der Waals surface area contributed by atoms with Gasteiger partial charge in [0.1, 0.15) is 23.6 Å². The largest absolute Gasteiger partial charge is 0.493 e. The molecule has 4 aromatic rings. The molecule has 1 aromatic heterocycles. The minimum atomic E-state index is -0.637. The first-order valence-electron chi connectivity index (χ1n) is 13.3. The second kappa shape index (κ2) is 11.0. The van der Waals surface area contributed by atoms with E-state index in [9.17, 15) is 14.0 Å². The van der Waals surface area contributed by atoms with Crippen LogP contribution in [0.25, 0.3) is 0 Å². The van der Waals surface area contributed by atoms with E-state index in [2.05, 4.69) is 10.3 Å². The van der Waals surface area contributed by atoms with Gasteiger partial charge in [0.2, 0.25) is 0 Å². The van der Waals surface area contributed by atoms with E-state index in [1.807, 2.05) is 30.3 Å². The summed E-state index contributed by atoms with van der Waals surface area (Å²) in [5.74, 6) is 0.920. The lowest BCUT2D eigenvalue weighted by Crippen LogP contribution is -2.40. The van der Waals surface area contributed by atoms with Crippen molar-refractivity contribution in [1.82, 2.24) is 15.2 Å². The maximum absolute atomic E-state index is 14.5. The van der Waals surface area contributed by atoms with E-state index in [1.165, 1.54) is 24.5 Å². The van der Waals surface area contributed by atoms with Crippen LogP contribution in [-0.4, -0.2) is 48.5 Å². The number of benzene rings is 3. The van der Waals surface area contributed by atoms with E-state index in [1.54, 1.807) is 25.0 Å². The fourth-order valence-corrected chi connectivity index (χ4v) is 5.26. The second-order valence-electron chi connectivity index (χ2n) is 9.88. The number of carbonyl (C=O) groups is 2. The number of nitrogens with one attached hydrogen (secondary N) is 1. The van der Waals surface area contributed by atoms with Gasteiger partial charge in [0.05, 0.1) is 25.3 Å². The van der Waals surface area contributed by atoms with Crippen LogP contribution in [0.5, 0.6) is 23.0 Å². The summed E-state index contributed by atoms with van der Waals surface area (Å²) in [7, 11) is 1.56. The normalized spacial score (nSPS) is 16.6. The van der Waals surface area contributed by atoms with Crippen molar-refractivity contribution in [2.75, 3.05) is 26.8 Å². The summed E-state index contributed by atoms with van der Waals surface area (Å²) in [6.07, 6.45) is 2.42. The summed E-state index contributed by atoms with van der Waals surface area (Å²) in [5.41, 5.74) is 2.89. The van der Waals surface area contributed by atoms with E-state index in [-0.39, 0.29) is 30.3 Å². The highest BCUT2D eigenvalue weighted by Crippen LogP contribution is 2.41. The zero-order chi connectivity index (χ0) is 28.5. The molecule has 1 unspecified atom stereocenters.